The Kier molecular flexibility index (Phi) is 4.76. The van der Waals surface area contributed by atoms with E-state index in [1.807, 2.05) is 31.2 Å². The molecule has 1 aromatic rings. The lowest BCUT2D eigenvalue weighted by molar-refractivity contribution is -0.117. The molecule has 1 amide bonds. The van der Waals surface area contributed by atoms with Crippen LogP contribution in [0, 0.1) is 0 Å². The van der Waals surface area contributed by atoms with Crippen molar-refractivity contribution in [2.45, 2.75) is 19.4 Å². The maximum Gasteiger partial charge on any atom is 0.241 e. The molecule has 5 nitrogen and oxygen atoms in total. The first-order chi connectivity index (χ1) is 9.22. The number of morpholine rings is 1. The van der Waals surface area contributed by atoms with Gasteiger partial charge >= 0.3 is 0 Å². The first-order valence-electron chi connectivity index (χ1n) is 6.70. The molecule has 0 bridgehead atoms. The molecule has 1 heterocycles. The zero-order valence-corrected chi connectivity index (χ0v) is 11.3. The van der Waals surface area contributed by atoms with Crippen molar-refractivity contribution in [3.8, 4) is 0 Å². The summed E-state index contributed by atoms with van der Waals surface area (Å²) in [5.41, 5.74) is 7.60. The normalized spacial score (nSPS) is 17.1. The van der Waals surface area contributed by atoms with Gasteiger partial charge in [0.15, 0.2) is 0 Å². The zero-order valence-electron chi connectivity index (χ0n) is 11.3. The van der Waals surface area contributed by atoms with Gasteiger partial charge in [-0.1, -0.05) is 19.1 Å². The summed E-state index contributed by atoms with van der Waals surface area (Å²) in [6.07, 6.45) is 0.631. The van der Waals surface area contributed by atoms with Gasteiger partial charge in [0, 0.05) is 13.1 Å². The van der Waals surface area contributed by atoms with Crippen LogP contribution < -0.4 is 16.0 Å². The first kappa shape index (κ1) is 13.8. The summed E-state index contributed by atoms with van der Waals surface area (Å²) in [6, 6.07) is 7.35. The molecule has 1 fully saturated rings. The van der Waals surface area contributed by atoms with Crippen LogP contribution in [0.2, 0.25) is 0 Å². The van der Waals surface area contributed by atoms with Gasteiger partial charge in [-0.25, -0.2) is 0 Å². The molecule has 0 aliphatic carbocycles. The molecule has 19 heavy (non-hydrogen) atoms. The van der Waals surface area contributed by atoms with Crippen LogP contribution in [0.3, 0.4) is 0 Å². The number of para-hydroxylation sites is 2. The molecule has 5 heteroatoms. The summed E-state index contributed by atoms with van der Waals surface area (Å²) in [5.74, 6) is -0.136. The lowest BCUT2D eigenvalue weighted by Crippen LogP contribution is -2.38. The van der Waals surface area contributed by atoms with E-state index in [2.05, 4.69) is 10.2 Å². The predicted molar refractivity (Wildman–Crippen MR) is 76.4 cm³/mol. The Morgan fingerprint density at radius 2 is 2.11 bits per heavy atom. The van der Waals surface area contributed by atoms with Crippen molar-refractivity contribution in [1.29, 1.82) is 0 Å². The van der Waals surface area contributed by atoms with Gasteiger partial charge in [-0.15, -0.1) is 0 Å². The molecule has 0 aromatic heterocycles. The number of nitrogens with two attached hydrogens (primary N) is 1. The zero-order chi connectivity index (χ0) is 13.7. The van der Waals surface area contributed by atoms with Crippen LogP contribution in [0.4, 0.5) is 11.4 Å². The smallest absolute Gasteiger partial charge is 0.241 e. The minimum atomic E-state index is -0.460. The Hall–Kier alpha value is -1.59. The van der Waals surface area contributed by atoms with Crippen molar-refractivity contribution in [3.63, 3.8) is 0 Å². The van der Waals surface area contributed by atoms with E-state index in [0.717, 1.165) is 37.7 Å². The lowest BCUT2D eigenvalue weighted by atomic mass is 10.2. The summed E-state index contributed by atoms with van der Waals surface area (Å²) >= 11 is 0. The molecule has 1 aliphatic heterocycles. The van der Waals surface area contributed by atoms with E-state index in [4.69, 9.17) is 10.5 Å². The highest BCUT2D eigenvalue weighted by atomic mass is 16.5. The summed E-state index contributed by atoms with van der Waals surface area (Å²) in [5, 5.41) is 2.91. The fourth-order valence-corrected chi connectivity index (χ4v) is 2.07. The number of ether oxygens (including phenoxy) is 1. The van der Waals surface area contributed by atoms with Gasteiger partial charge in [0.25, 0.3) is 0 Å². The highest BCUT2D eigenvalue weighted by Crippen LogP contribution is 2.26. The lowest BCUT2D eigenvalue weighted by Gasteiger charge is -2.30. The number of amides is 1. The van der Waals surface area contributed by atoms with Crippen molar-refractivity contribution < 1.29 is 9.53 Å². The average Bonchev–Trinajstić information content (AvgIpc) is 2.47. The number of carbonyl (C=O) groups excluding carboxylic acids is 1. The van der Waals surface area contributed by atoms with E-state index in [9.17, 15) is 4.79 Å². The topological polar surface area (TPSA) is 67.6 Å². The fraction of sp³-hybridized carbons (Fsp3) is 0.500. The maximum atomic E-state index is 11.9. The van der Waals surface area contributed by atoms with Gasteiger partial charge in [-0.2, -0.15) is 0 Å². The van der Waals surface area contributed by atoms with E-state index in [0.29, 0.717) is 6.42 Å². The minimum Gasteiger partial charge on any atom is -0.378 e. The van der Waals surface area contributed by atoms with Gasteiger partial charge in [-0.05, 0) is 18.6 Å². The van der Waals surface area contributed by atoms with Crippen LogP contribution in [-0.2, 0) is 9.53 Å². The standard InChI is InChI=1S/C14H21N3O2/c1-2-11(15)14(18)16-12-5-3-4-6-13(12)17-7-9-19-10-8-17/h3-6,11H,2,7-10,15H2,1H3,(H,16,18)/t11-/m0/s1. The van der Waals surface area contributed by atoms with Crippen molar-refractivity contribution in [2.24, 2.45) is 5.73 Å². The summed E-state index contributed by atoms with van der Waals surface area (Å²) in [4.78, 5) is 14.1. The molecule has 1 saturated heterocycles. The Morgan fingerprint density at radius 1 is 1.42 bits per heavy atom. The van der Waals surface area contributed by atoms with Crippen molar-refractivity contribution in [2.75, 3.05) is 36.5 Å². The molecule has 0 unspecified atom stereocenters. The highest BCUT2D eigenvalue weighted by Gasteiger charge is 2.17. The van der Waals surface area contributed by atoms with E-state index in [1.165, 1.54) is 0 Å². The van der Waals surface area contributed by atoms with E-state index in [-0.39, 0.29) is 5.91 Å². The van der Waals surface area contributed by atoms with Crippen LogP contribution in [0.5, 0.6) is 0 Å². The van der Waals surface area contributed by atoms with Crippen LogP contribution >= 0.6 is 0 Å². The summed E-state index contributed by atoms with van der Waals surface area (Å²) in [6.45, 7) is 5.02. The first-order valence-corrected chi connectivity index (χ1v) is 6.70. The van der Waals surface area contributed by atoms with Gasteiger partial charge in [0.1, 0.15) is 0 Å². The summed E-state index contributed by atoms with van der Waals surface area (Å²) in [7, 11) is 0. The quantitative estimate of drug-likeness (QED) is 0.856. The number of carbonyl (C=O) groups is 1. The molecule has 1 aromatic carbocycles. The highest BCUT2D eigenvalue weighted by molar-refractivity contribution is 5.97. The summed E-state index contributed by atoms with van der Waals surface area (Å²) < 4.78 is 5.35. The van der Waals surface area contributed by atoms with E-state index < -0.39 is 6.04 Å². The van der Waals surface area contributed by atoms with Gasteiger partial charge in [0.05, 0.1) is 30.6 Å². The number of nitrogens with one attached hydrogen (secondary N) is 1. The fourth-order valence-electron chi connectivity index (χ4n) is 2.07. The van der Waals surface area contributed by atoms with Gasteiger partial charge in [-0.3, -0.25) is 4.79 Å². The third-order valence-corrected chi connectivity index (χ3v) is 3.29. The number of hydrogen-bond donors (Lipinski definition) is 2. The van der Waals surface area contributed by atoms with Crippen LogP contribution in [0.25, 0.3) is 0 Å². The number of hydrogen-bond acceptors (Lipinski definition) is 4. The molecule has 104 valence electrons. The minimum absolute atomic E-state index is 0.136. The molecule has 3 N–H and O–H groups in total. The Labute approximate surface area is 113 Å². The Morgan fingerprint density at radius 3 is 2.79 bits per heavy atom. The monoisotopic (exact) mass is 263 g/mol. The molecule has 1 atom stereocenters. The Bertz CT molecular complexity index is 430. The third-order valence-electron chi connectivity index (χ3n) is 3.29. The van der Waals surface area contributed by atoms with Gasteiger partial charge < -0.3 is 20.7 Å². The molecular formula is C14H21N3O2. The van der Waals surface area contributed by atoms with Crippen molar-refractivity contribution >= 4 is 17.3 Å². The van der Waals surface area contributed by atoms with Crippen LogP contribution in [0.1, 0.15) is 13.3 Å². The van der Waals surface area contributed by atoms with Crippen molar-refractivity contribution in [3.05, 3.63) is 24.3 Å². The molecule has 0 saturated carbocycles. The number of nitrogens with zero attached hydrogens (tertiary/aromatic N) is 1. The average molecular weight is 263 g/mol. The molecule has 0 radical (unpaired) electrons. The number of benzene rings is 1. The van der Waals surface area contributed by atoms with E-state index >= 15 is 0 Å². The maximum absolute atomic E-state index is 11.9. The SMILES string of the molecule is CC[C@H](N)C(=O)Nc1ccccc1N1CCOCC1. The third kappa shape index (κ3) is 3.45. The van der Waals surface area contributed by atoms with Crippen LogP contribution in [-0.4, -0.2) is 38.3 Å². The molecule has 1 aliphatic rings. The molecular weight excluding hydrogens is 242 g/mol. The predicted octanol–water partition coefficient (Wildman–Crippen LogP) is 1.20. The second-order valence-corrected chi connectivity index (χ2v) is 4.62. The molecule has 2 rings (SSSR count). The number of rotatable bonds is 4. The number of anilines is 2. The van der Waals surface area contributed by atoms with Gasteiger partial charge in [0.2, 0.25) is 5.91 Å². The largest absolute Gasteiger partial charge is 0.378 e. The Balaban J connectivity index is 2.13. The van der Waals surface area contributed by atoms with Crippen LogP contribution in [0.15, 0.2) is 24.3 Å². The van der Waals surface area contributed by atoms with E-state index in [1.54, 1.807) is 0 Å². The van der Waals surface area contributed by atoms with Crippen molar-refractivity contribution in [1.82, 2.24) is 0 Å². The second-order valence-electron chi connectivity index (χ2n) is 4.62. The molecule has 0 spiro atoms. The second kappa shape index (κ2) is 6.54.